The Kier molecular flexibility index (Phi) is 5.09. The van der Waals surface area contributed by atoms with Crippen LogP contribution in [0.2, 0.25) is 5.02 Å². The summed E-state index contributed by atoms with van der Waals surface area (Å²) < 4.78 is 5.79. The van der Waals surface area contributed by atoms with Crippen LogP contribution in [0.15, 0.2) is 40.8 Å². The lowest BCUT2D eigenvalue weighted by molar-refractivity contribution is 0.144. The molecule has 3 nitrogen and oxygen atoms in total. The van der Waals surface area contributed by atoms with Crippen molar-refractivity contribution in [3.8, 4) is 0 Å². The fourth-order valence-electron chi connectivity index (χ4n) is 2.66. The van der Waals surface area contributed by atoms with Gasteiger partial charge in [0, 0.05) is 17.1 Å². The van der Waals surface area contributed by atoms with Crippen LogP contribution in [-0.2, 0) is 0 Å². The molecular formula is C17H23ClN2O. The number of furan rings is 1. The number of halogens is 1. The highest BCUT2D eigenvalue weighted by Crippen LogP contribution is 2.32. The molecule has 0 radical (unpaired) electrons. The first kappa shape index (κ1) is 16.1. The molecule has 0 aliphatic carbocycles. The summed E-state index contributed by atoms with van der Waals surface area (Å²) in [6.45, 7) is 6.12. The number of aryl methyl sites for hydroxylation is 1. The largest absolute Gasteiger partial charge is 0.465 e. The van der Waals surface area contributed by atoms with Crippen LogP contribution in [0.25, 0.3) is 0 Å². The molecule has 114 valence electrons. The van der Waals surface area contributed by atoms with Gasteiger partial charge in [0.2, 0.25) is 0 Å². The summed E-state index contributed by atoms with van der Waals surface area (Å²) in [6, 6.07) is 12.1. The molecule has 2 rings (SSSR count). The monoisotopic (exact) mass is 306 g/mol. The van der Waals surface area contributed by atoms with Crippen molar-refractivity contribution in [1.29, 1.82) is 0 Å². The fourth-order valence-corrected chi connectivity index (χ4v) is 2.79. The molecular weight excluding hydrogens is 284 g/mol. The van der Waals surface area contributed by atoms with Crippen molar-refractivity contribution in [2.45, 2.75) is 38.9 Å². The molecule has 1 aromatic carbocycles. The van der Waals surface area contributed by atoms with E-state index in [1.807, 2.05) is 38.1 Å². The van der Waals surface area contributed by atoms with Gasteiger partial charge >= 0.3 is 0 Å². The molecule has 0 spiro atoms. The maximum absolute atomic E-state index is 6.20. The van der Waals surface area contributed by atoms with Crippen molar-refractivity contribution in [2.75, 3.05) is 7.05 Å². The number of benzene rings is 1. The zero-order valence-corrected chi connectivity index (χ0v) is 13.8. The smallest absolute Gasteiger partial charge is 0.122 e. The fraction of sp³-hybridized carbons (Fsp3) is 0.412. The molecule has 4 heteroatoms. The second-order valence-electron chi connectivity index (χ2n) is 5.65. The van der Waals surface area contributed by atoms with Crippen molar-refractivity contribution in [1.82, 2.24) is 4.90 Å². The van der Waals surface area contributed by atoms with Crippen LogP contribution in [0.1, 0.15) is 43.0 Å². The van der Waals surface area contributed by atoms with Crippen molar-refractivity contribution >= 4 is 11.6 Å². The maximum Gasteiger partial charge on any atom is 0.122 e. The van der Waals surface area contributed by atoms with E-state index in [2.05, 4.69) is 31.0 Å². The first-order valence-corrected chi connectivity index (χ1v) is 7.57. The number of nitrogens with two attached hydrogens (primary N) is 1. The second-order valence-corrected chi connectivity index (χ2v) is 6.08. The van der Waals surface area contributed by atoms with Crippen LogP contribution in [0.3, 0.4) is 0 Å². The van der Waals surface area contributed by atoms with Gasteiger partial charge in [0.05, 0.1) is 6.04 Å². The third-order valence-corrected chi connectivity index (χ3v) is 4.20. The Morgan fingerprint density at radius 2 is 1.71 bits per heavy atom. The zero-order chi connectivity index (χ0) is 15.6. The normalized spacial score (nSPS) is 16.0. The van der Waals surface area contributed by atoms with Crippen LogP contribution in [0.4, 0.5) is 0 Å². The highest BCUT2D eigenvalue weighted by atomic mass is 35.5. The molecule has 0 aliphatic rings. The van der Waals surface area contributed by atoms with Crippen LogP contribution in [0.5, 0.6) is 0 Å². The minimum Gasteiger partial charge on any atom is -0.465 e. The van der Waals surface area contributed by atoms with Crippen molar-refractivity contribution in [3.05, 3.63) is 58.5 Å². The number of nitrogens with zero attached hydrogens (tertiary/aromatic N) is 1. The van der Waals surface area contributed by atoms with Gasteiger partial charge in [0.25, 0.3) is 0 Å². The lowest BCUT2D eigenvalue weighted by Crippen LogP contribution is -2.38. The SMILES string of the molecule is Cc1ccc(C(C(C)N)N(C)C(C)c2ccc(Cl)cc2)o1. The van der Waals surface area contributed by atoms with Gasteiger partial charge in [-0.15, -0.1) is 0 Å². The van der Waals surface area contributed by atoms with E-state index in [0.717, 1.165) is 16.5 Å². The number of likely N-dealkylation sites (N-methyl/N-ethyl adjacent to an activating group) is 1. The quantitative estimate of drug-likeness (QED) is 0.894. The van der Waals surface area contributed by atoms with Crippen LogP contribution >= 0.6 is 11.6 Å². The van der Waals surface area contributed by atoms with Gasteiger partial charge in [-0.1, -0.05) is 23.7 Å². The van der Waals surface area contributed by atoms with Gasteiger partial charge in [-0.2, -0.15) is 0 Å². The third kappa shape index (κ3) is 3.67. The molecule has 0 aliphatic heterocycles. The lowest BCUT2D eigenvalue weighted by Gasteiger charge is -2.34. The predicted molar refractivity (Wildman–Crippen MR) is 87.5 cm³/mol. The van der Waals surface area contributed by atoms with Gasteiger partial charge < -0.3 is 10.2 Å². The van der Waals surface area contributed by atoms with E-state index in [0.29, 0.717) is 0 Å². The summed E-state index contributed by atoms with van der Waals surface area (Å²) in [6.07, 6.45) is 0. The van der Waals surface area contributed by atoms with E-state index in [-0.39, 0.29) is 18.1 Å². The van der Waals surface area contributed by atoms with Crippen LogP contribution < -0.4 is 5.73 Å². The first-order chi connectivity index (χ1) is 9.90. The first-order valence-electron chi connectivity index (χ1n) is 7.19. The van der Waals surface area contributed by atoms with Crippen molar-refractivity contribution < 1.29 is 4.42 Å². The molecule has 0 saturated heterocycles. The zero-order valence-electron chi connectivity index (χ0n) is 13.0. The Morgan fingerprint density at radius 1 is 1.10 bits per heavy atom. The van der Waals surface area contributed by atoms with E-state index < -0.39 is 0 Å². The minimum absolute atomic E-state index is 0.0318. The van der Waals surface area contributed by atoms with E-state index in [1.54, 1.807) is 0 Å². The second kappa shape index (κ2) is 6.65. The number of hydrogen-bond donors (Lipinski definition) is 1. The molecule has 0 fully saturated rings. The molecule has 1 heterocycles. The van der Waals surface area contributed by atoms with Gasteiger partial charge in [-0.25, -0.2) is 0 Å². The summed E-state index contributed by atoms with van der Waals surface area (Å²) in [4.78, 5) is 2.24. The minimum atomic E-state index is -0.0321. The molecule has 1 aromatic heterocycles. The van der Waals surface area contributed by atoms with Gasteiger partial charge in [0.1, 0.15) is 11.5 Å². The predicted octanol–water partition coefficient (Wildman–Crippen LogP) is 4.32. The van der Waals surface area contributed by atoms with Gasteiger partial charge in [-0.05, 0) is 57.6 Å². The average molecular weight is 307 g/mol. The molecule has 0 saturated carbocycles. The van der Waals surface area contributed by atoms with Crippen molar-refractivity contribution in [3.63, 3.8) is 0 Å². The third-order valence-electron chi connectivity index (χ3n) is 3.95. The van der Waals surface area contributed by atoms with E-state index in [9.17, 15) is 0 Å². The highest BCUT2D eigenvalue weighted by molar-refractivity contribution is 6.30. The van der Waals surface area contributed by atoms with Crippen LogP contribution in [0, 0.1) is 6.92 Å². The molecule has 2 N–H and O–H groups in total. The summed E-state index contributed by atoms with van der Waals surface area (Å²) in [7, 11) is 2.07. The Morgan fingerprint density at radius 3 is 2.19 bits per heavy atom. The highest BCUT2D eigenvalue weighted by Gasteiger charge is 2.28. The molecule has 2 aromatic rings. The van der Waals surface area contributed by atoms with E-state index >= 15 is 0 Å². The lowest BCUT2D eigenvalue weighted by atomic mass is 10.0. The summed E-state index contributed by atoms with van der Waals surface area (Å²) in [5, 5.41) is 0.749. The topological polar surface area (TPSA) is 42.4 Å². The molecule has 3 unspecified atom stereocenters. The maximum atomic E-state index is 6.20. The molecule has 0 amide bonds. The Hall–Kier alpha value is -1.29. The molecule has 0 bridgehead atoms. The Balaban J connectivity index is 2.25. The Labute approximate surface area is 131 Å². The van der Waals surface area contributed by atoms with Crippen molar-refractivity contribution in [2.24, 2.45) is 5.73 Å². The molecule has 3 atom stereocenters. The molecule has 21 heavy (non-hydrogen) atoms. The standard InChI is InChI=1S/C17H23ClN2O/c1-11-5-10-16(21-11)17(12(2)19)20(4)13(3)14-6-8-15(18)9-7-14/h5-10,12-13,17H,19H2,1-4H3. The average Bonchev–Trinajstić information content (AvgIpc) is 2.84. The summed E-state index contributed by atoms with van der Waals surface area (Å²) >= 11 is 5.96. The van der Waals surface area contributed by atoms with E-state index in [1.165, 1.54) is 5.56 Å². The van der Waals surface area contributed by atoms with Gasteiger partial charge in [-0.3, -0.25) is 4.90 Å². The summed E-state index contributed by atoms with van der Waals surface area (Å²) in [5.41, 5.74) is 7.40. The summed E-state index contributed by atoms with van der Waals surface area (Å²) in [5.74, 6) is 1.81. The number of rotatable bonds is 5. The van der Waals surface area contributed by atoms with E-state index in [4.69, 9.17) is 21.8 Å². The van der Waals surface area contributed by atoms with Crippen LogP contribution in [-0.4, -0.2) is 18.0 Å². The Bertz CT molecular complexity index is 577. The van der Waals surface area contributed by atoms with Gasteiger partial charge in [0.15, 0.2) is 0 Å². The number of hydrogen-bond acceptors (Lipinski definition) is 3.